The van der Waals surface area contributed by atoms with Gasteiger partial charge in [0.1, 0.15) is 0 Å². The van der Waals surface area contributed by atoms with E-state index in [0.717, 1.165) is 29.8 Å². The number of benzene rings is 1. The molecular formula is C24H32N2O3. The minimum atomic E-state index is -0.316. The zero-order chi connectivity index (χ0) is 20.6. The highest BCUT2D eigenvalue weighted by molar-refractivity contribution is 5.92. The third kappa shape index (κ3) is 5.49. The summed E-state index contributed by atoms with van der Waals surface area (Å²) in [5.41, 5.74) is 3.36. The predicted octanol–water partition coefficient (Wildman–Crippen LogP) is 4.87. The van der Waals surface area contributed by atoms with Gasteiger partial charge in [0.15, 0.2) is 0 Å². The standard InChI is InChI=1S/C24H32N2O3/c1-3-29-24(28)21-17-22(19-11-7-6-8-12-19)26(18(21)2)16-15-23(27)25-20-13-9-4-5-10-14-20/h6-8,11-12,17,20H,3-5,9-10,13-16H2,1-2H3,(H,25,27). The SMILES string of the molecule is CCOC(=O)c1cc(-c2ccccc2)n(CCC(=O)NC2CCCCCC2)c1C. The first-order valence-electron chi connectivity index (χ1n) is 10.8. The molecule has 1 N–H and O–H groups in total. The number of carbonyl (C=O) groups is 2. The minimum Gasteiger partial charge on any atom is -0.462 e. The molecule has 1 saturated carbocycles. The topological polar surface area (TPSA) is 60.3 Å². The van der Waals surface area contributed by atoms with Gasteiger partial charge in [-0.25, -0.2) is 4.79 Å². The number of hydrogen-bond donors (Lipinski definition) is 1. The maximum Gasteiger partial charge on any atom is 0.339 e. The summed E-state index contributed by atoms with van der Waals surface area (Å²) in [6.45, 7) is 4.60. The molecule has 1 aliphatic carbocycles. The molecule has 5 nitrogen and oxygen atoms in total. The average molecular weight is 397 g/mol. The first-order valence-corrected chi connectivity index (χ1v) is 10.8. The van der Waals surface area contributed by atoms with Crippen molar-refractivity contribution in [2.75, 3.05) is 6.61 Å². The number of nitrogens with zero attached hydrogens (tertiary/aromatic N) is 1. The van der Waals surface area contributed by atoms with Gasteiger partial charge < -0.3 is 14.6 Å². The molecule has 0 bridgehead atoms. The van der Waals surface area contributed by atoms with Crippen LogP contribution in [0.2, 0.25) is 0 Å². The lowest BCUT2D eigenvalue weighted by Gasteiger charge is -2.17. The first kappa shape index (κ1) is 21.2. The molecule has 0 saturated heterocycles. The fourth-order valence-corrected chi connectivity index (χ4v) is 4.13. The highest BCUT2D eigenvalue weighted by Crippen LogP contribution is 2.27. The molecule has 1 aliphatic rings. The van der Waals surface area contributed by atoms with E-state index in [2.05, 4.69) is 9.88 Å². The van der Waals surface area contributed by atoms with Crippen LogP contribution in [0.1, 0.15) is 67.9 Å². The van der Waals surface area contributed by atoms with E-state index < -0.39 is 0 Å². The Morgan fingerprint density at radius 2 is 1.79 bits per heavy atom. The molecule has 29 heavy (non-hydrogen) atoms. The zero-order valence-electron chi connectivity index (χ0n) is 17.6. The monoisotopic (exact) mass is 396 g/mol. The Morgan fingerprint density at radius 1 is 1.10 bits per heavy atom. The molecule has 1 aromatic heterocycles. The van der Waals surface area contributed by atoms with Gasteiger partial charge in [0, 0.05) is 30.4 Å². The van der Waals surface area contributed by atoms with Crippen molar-refractivity contribution >= 4 is 11.9 Å². The molecule has 0 radical (unpaired) electrons. The predicted molar refractivity (Wildman–Crippen MR) is 115 cm³/mol. The van der Waals surface area contributed by atoms with Crippen molar-refractivity contribution in [3.63, 3.8) is 0 Å². The van der Waals surface area contributed by atoms with E-state index in [4.69, 9.17) is 4.74 Å². The molecule has 1 amide bonds. The van der Waals surface area contributed by atoms with Gasteiger partial charge in [-0.3, -0.25) is 4.79 Å². The van der Waals surface area contributed by atoms with Crippen molar-refractivity contribution in [2.45, 2.75) is 71.4 Å². The molecule has 156 valence electrons. The Morgan fingerprint density at radius 3 is 2.45 bits per heavy atom. The Hall–Kier alpha value is -2.56. The van der Waals surface area contributed by atoms with E-state index in [-0.39, 0.29) is 11.9 Å². The van der Waals surface area contributed by atoms with Crippen molar-refractivity contribution in [3.8, 4) is 11.3 Å². The van der Waals surface area contributed by atoms with E-state index in [1.165, 1.54) is 25.7 Å². The number of hydrogen-bond acceptors (Lipinski definition) is 3. The van der Waals surface area contributed by atoms with Crippen LogP contribution in [0.25, 0.3) is 11.3 Å². The van der Waals surface area contributed by atoms with E-state index in [9.17, 15) is 9.59 Å². The first-order chi connectivity index (χ1) is 14.1. The lowest BCUT2D eigenvalue weighted by atomic mass is 10.1. The highest BCUT2D eigenvalue weighted by Gasteiger charge is 2.20. The van der Waals surface area contributed by atoms with Crippen molar-refractivity contribution in [3.05, 3.63) is 47.7 Å². The van der Waals surface area contributed by atoms with Crippen molar-refractivity contribution in [1.29, 1.82) is 0 Å². The molecule has 0 atom stereocenters. The number of aromatic nitrogens is 1. The van der Waals surface area contributed by atoms with Crippen molar-refractivity contribution < 1.29 is 14.3 Å². The Kier molecular flexibility index (Phi) is 7.50. The fraction of sp³-hybridized carbons (Fsp3) is 0.500. The van der Waals surface area contributed by atoms with Crippen LogP contribution in [0.4, 0.5) is 0 Å². The van der Waals surface area contributed by atoms with Gasteiger partial charge in [-0.05, 0) is 38.3 Å². The number of rotatable bonds is 7. The minimum absolute atomic E-state index is 0.0849. The van der Waals surface area contributed by atoms with Gasteiger partial charge in [-0.15, -0.1) is 0 Å². The smallest absolute Gasteiger partial charge is 0.339 e. The maximum atomic E-state index is 12.6. The van der Waals surface area contributed by atoms with Gasteiger partial charge >= 0.3 is 5.97 Å². The summed E-state index contributed by atoms with van der Waals surface area (Å²) >= 11 is 0. The maximum absolute atomic E-state index is 12.6. The number of carbonyl (C=O) groups excluding carboxylic acids is 2. The third-order valence-corrected chi connectivity index (χ3v) is 5.71. The van der Waals surface area contributed by atoms with Crippen molar-refractivity contribution in [2.24, 2.45) is 0 Å². The summed E-state index contributed by atoms with van der Waals surface area (Å²) in [6.07, 6.45) is 7.49. The van der Waals surface area contributed by atoms with Crippen LogP contribution in [0.5, 0.6) is 0 Å². The molecular weight excluding hydrogens is 364 g/mol. The van der Waals surface area contributed by atoms with E-state index >= 15 is 0 Å². The number of esters is 1. The molecule has 1 heterocycles. The van der Waals surface area contributed by atoms with Gasteiger partial charge in [0.2, 0.25) is 5.91 Å². The van der Waals surface area contributed by atoms with E-state index in [0.29, 0.717) is 31.2 Å². The Bertz CT molecular complexity index is 818. The van der Waals surface area contributed by atoms with Crippen LogP contribution < -0.4 is 5.32 Å². The molecule has 0 unspecified atom stereocenters. The molecule has 1 fully saturated rings. The normalized spacial score (nSPS) is 15.0. The summed E-state index contributed by atoms with van der Waals surface area (Å²) in [7, 11) is 0. The summed E-state index contributed by atoms with van der Waals surface area (Å²) in [5, 5.41) is 3.21. The number of ether oxygens (including phenoxy) is 1. The van der Waals surface area contributed by atoms with Crippen LogP contribution in [0.3, 0.4) is 0 Å². The number of nitrogens with one attached hydrogen (secondary N) is 1. The van der Waals surface area contributed by atoms with Gasteiger partial charge in [-0.1, -0.05) is 56.0 Å². The van der Waals surface area contributed by atoms with Crippen LogP contribution >= 0.6 is 0 Å². The quantitative estimate of drug-likeness (QED) is 0.536. The second-order valence-electron chi connectivity index (χ2n) is 7.77. The van der Waals surface area contributed by atoms with Crippen LogP contribution in [-0.2, 0) is 16.1 Å². The Balaban J connectivity index is 1.76. The van der Waals surface area contributed by atoms with Crippen LogP contribution in [-0.4, -0.2) is 29.1 Å². The van der Waals surface area contributed by atoms with Gasteiger partial charge in [-0.2, -0.15) is 0 Å². The average Bonchev–Trinajstić information content (AvgIpc) is 2.87. The summed E-state index contributed by atoms with van der Waals surface area (Å²) in [6, 6.07) is 12.1. The lowest BCUT2D eigenvalue weighted by Crippen LogP contribution is -2.34. The van der Waals surface area contributed by atoms with E-state index in [1.54, 1.807) is 6.92 Å². The molecule has 3 rings (SSSR count). The molecule has 5 heteroatoms. The van der Waals surface area contributed by atoms with Crippen molar-refractivity contribution in [1.82, 2.24) is 9.88 Å². The molecule has 0 aliphatic heterocycles. The molecule has 0 spiro atoms. The largest absolute Gasteiger partial charge is 0.462 e. The molecule has 2 aromatic rings. The van der Waals surface area contributed by atoms with Gasteiger partial charge in [0.25, 0.3) is 0 Å². The fourth-order valence-electron chi connectivity index (χ4n) is 4.13. The molecule has 1 aromatic carbocycles. The van der Waals surface area contributed by atoms with E-state index in [1.807, 2.05) is 43.3 Å². The van der Waals surface area contributed by atoms with Crippen LogP contribution in [0.15, 0.2) is 36.4 Å². The Labute approximate surface area is 173 Å². The zero-order valence-corrected chi connectivity index (χ0v) is 17.6. The summed E-state index contributed by atoms with van der Waals surface area (Å²) < 4.78 is 7.28. The summed E-state index contributed by atoms with van der Waals surface area (Å²) in [5.74, 6) is -0.231. The van der Waals surface area contributed by atoms with Crippen LogP contribution in [0, 0.1) is 6.92 Å². The highest BCUT2D eigenvalue weighted by atomic mass is 16.5. The summed E-state index contributed by atoms with van der Waals surface area (Å²) in [4.78, 5) is 25.0. The number of amides is 1. The second-order valence-corrected chi connectivity index (χ2v) is 7.77. The van der Waals surface area contributed by atoms with Gasteiger partial charge in [0.05, 0.1) is 12.2 Å². The lowest BCUT2D eigenvalue weighted by molar-refractivity contribution is -0.122. The third-order valence-electron chi connectivity index (χ3n) is 5.71. The second kappa shape index (κ2) is 10.3.